The van der Waals surface area contributed by atoms with Crippen molar-refractivity contribution in [2.24, 2.45) is 5.92 Å². The van der Waals surface area contributed by atoms with E-state index in [1.807, 2.05) is 16.0 Å². The topological polar surface area (TPSA) is 117 Å². The first kappa shape index (κ1) is 29.6. The first-order chi connectivity index (χ1) is 21.5. The summed E-state index contributed by atoms with van der Waals surface area (Å²) < 4.78 is 11.8. The fraction of sp³-hybridized carbons (Fsp3) is 0.677. The van der Waals surface area contributed by atoms with Gasteiger partial charge in [-0.25, -0.2) is 0 Å². The molecule has 0 saturated carbocycles. The molecule has 13 heteroatoms. The Bertz CT molecular complexity index is 1290. The quantitative estimate of drug-likeness (QED) is 0.341. The number of piperazine rings is 1. The fourth-order valence-electron chi connectivity index (χ4n) is 7.43. The summed E-state index contributed by atoms with van der Waals surface area (Å²) in [6, 6.07) is 6.25. The molecule has 44 heavy (non-hydrogen) atoms. The number of morpholine rings is 1. The van der Waals surface area contributed by atoms with Gasteiger partial charge in [0.25, 0.3) is 0 Å². The van der Waals surface area contributed by atoms with Crippen LogP contribution in [-0.2, 0) is 14.3 Å². The van der Waals surface area contributed by atoms with Gasteiger partial charge in [0.05, 0.1) is 43.7 Å². The number of likely N-dealkylation sites (N-methyl/N-ethyl adjacent to an activating group) is 1. The lowest BCUT2D eigenvalue weighted by molar-refractivity contribution is -0.176. The molecule has 6 aliphatic rings. The number of fused-ring (bicyclic) bond motifs is 5. The van der Waals surface area contributed by atoms with Crippen molar-refractivity contribution in [3.8, 4) is 17.6 Å². The van der Waals surface area contributed by atoms with Crippen LogP contribution in [0.25, 0.3) is 0 Å². The number of hydrazine groups is 1. The number of benzene rings is 1. The van der Waals surface area contributed by atoms with E-state index in [4.69, 9.17) is 9.47 Å². The lowest BCUT2D eigenvalue weighted by atomic mass is 9.99. The molecule has 6 heterocycles. The standard InChI is InChI=1S/C31H45N9O4/c1-36-14-16-37(17-15-36)23-9-8-21(18-25(23)43-2)33-31-32-19-22-28(35-31)40-26-11-10-24-29(34-26)38(27(41)20-44-24)12-6-4-3-5-7-13-39(40)30(22)42/h8-9,18,22,24,26,28-29,31-35H,3-4,6,10-17,19-20H2,1-2H3. The van der Waals surface area contributed by atoms with Crippen LogP contribution in [0.15, 0.2) is 18.2 Å². The predicted molar refractivity (Wildman–Crippen MR) is 165 cm³/mol. The van der Waals surface area contributed by atoms with Crippen molar-refractivity contribution in [1.29, 1.82) is 0 Å². The van der Waals surface area contributed by atoms with Crippen molar-refractivity contribution in [3.05, 3.63) is 18.2 Å². The number of piperidine rings is 1. The number of anilines is 2. The van der Waals surface area contributed by atoms with Gasteiger partial charge in [0.2, 0.25) is 11.8 Å². The van der Waals surface area contributed by atoms with Crippen LogP contribution < -0.4 is 30.9 Å². The summed E-state index contributed by atoms with van der Waals surface area (Å²) in [5.41, 5.74) is 2.03. The fourth-order valence-corrected chi connectivity index (χ4v) is 7.43. The van der Waals surface area contributed by atoms with E-state index in [1.165, 1.54) is 0 Å². The summed E-state index contributed by atoms with van der Waals surface area (Å²) in [5, 5.41) is 18.5. The largest absolute Gasteiger partial charge is 0.495 e. The monoisotopic (exact) mass is 607 g/mol. The van der Waals surface area contributed by atoms with Crippen LogP contribution in [0.5, 0.6) is 5.75 Å². The van der Waals surface area contributed by atoms with Crippen molar-refractivity contribution in [1.82, 2.24) is 35.8 Å². The second-order valence-corrected chi connectivity index (χ2v) is 12.6. The summed E-state index contributed by atoms with van der Waals surface area (Å²) in [5.74, 6) is 7.17. The summed E-state index contributed by atoms with van der Waals surface area (Å²) in [7, 11) is 3.87. The van der Waals surface area contributed by atoms with Gasteiger partial charge in [0.15, 0.2) is 0 Å². The van der Waals surface area contributed by atoms with Crippen molar-refractivity contribution in [3.63, 3.8) is 0 Å². The Hall–Kier alpha value is -3.12. The van der Waals surface area contributed by atoms with E-state index in [1.54, 1.807) is 7.11 Å². The average Bonchev–Trinajstić information content (AvgIpc) is 3.32. The highest BCUT2D eigenvalue weighted by molar-refractivity contribution is 5.82. The highest BCUT2D eigenvalue weighted by Gasteiger charge is 2.53. The van der Waals surface area contributed by atoms with E-state index >= 15 is 0 Å². The molecule has 5 saturated heterocycles. The molecule has 238 valence electrons. The molecular weight excluding hydrogens is 562 g/mol. The molecule has 0 aromatic heterocycles. The van der Waals surface area contributed by atoms with Gasteiger partial charge in [0, 0.05) is 57.4 Å². The Morgan fingerprint density at radius 1 is 1.02 bits per heavy atom. The van der Waals surface area contributed by atoms with Crippen LogP contribution in [0.3, 0.4) is 0 Å². The molecule has 0 aliphatic carbocycles. The molecule has 1 aromatic carbocycles. The van der Waals surface area contributed by atoms with Crippen LogP contribution >= 0.6 is 0 Å². The van der Waals surface area contributed by atoms with Crippen molar-refractivity contribution < 1.29 is 19.1 Å². The maximum atomic E-state index is 13.8. The molecule has 2 bridgehead atoms. The number of carbonyl (C=O) groups excluding carboxylic acids is 2. The number of carbonyl (C=O) groups is 2. The third-order valence-electron chi connectivity index (χ3n) is 9.87. The van der Waals surface area contributed by atoms with Gasteiger partial charge in [-0.1, -0.05) is 5.92 Å². The van der Waals surface area contributed by atoms with E-state index in [0.29, 0.717) is 19.6 Å². The number of ether oxygens (including phenoxy) is 2. The number of nitrogens with zero attached hydrogens (tertiary/aromatic N) is 5. The molecule has 1 aromatic rings. The average molecular weight is 608 g/mol. The number of hydrogen-bond acceptors (Lipinski definition) is 11. The van der Waals surface area contributed by atoms with E-state index in [0.717, 1.165) is 75.4 Å². The molecule has 6 aliphatic heterocycles. The first-order valence-corrected chi connectivity index (χ1v) is 16.1. The molecule has 4 N–H and O–H groups in total. The smallest absolute Gasteiger partial charge is 0.249 e. The van der Waals surface area contributed by atoms with Gasteiger partial charge in [-0.3, -0.25) is 30.5 Å². The van der Waals surface area contributed by atoms with Crippen LogP contribution in [0.4, 0.5) is 11.4 Å². The summed E-state index contributed by atoms with van der Waals surface area (Å²) in [6.45, 7) is 5.68. The van der Waals surface area contributed by atoms with Crippen LogP contribution in [-0.4, -0.2) is 129 Å². The van der Waals surface area contributed by atoms with Gasteiger partial charge in [-0.2, -0.15) is 5.01 Å². The first-order valence-electron chi connectivity index (χ1n) is 16.1. The lowest BCUT2D eigenvalue weighted by Gasteiger charge is -2.50. The van der Waals surface area contributed by atoms with Crippen LogP contribution in [0.2, 0.25) is 0 Å². The number of hydrogen-bond donors (Lipinski definition) is 4. The highest BCUT2D eigenvalue weighted by atomic mass is 16.5. The van der Waals surface area contributed by atoms with Gasteiger partial charge in [0.1, 0.15) is 24.8 Å². The number of methoxy groups -OCH3 is 1. The summed E-state index contributed by atoms with van der Waals surface area (Å²) in [6.07, 6.45) is 3.24. The number of nitrogens with one attached hydrogen (secondary N) is 4. The van der Waals surface area contributed by atoms with Gasteiger partial charge >= 0.3 is 0 Å². The lowest BCUT2D eigenvalue weighted by Crippen LogP contribution is -2.72. The molecule has 13 nitrogen and oxygen atoms in total. The van der Waals surface area contributed by atoms with Crippen molar-refractivity contribution in [2.45, 2.75) is 63.0 Å². The van der Waals surface area contributed by atoms with Crippen LogP contribution in [0, 0.1) is 17.8 Å². The Balaban J connectivity index is 1.10. The van der Waals surface area contributed by atoms with Gasteiger partial charge < -0.3 is 29.5 Å². The normalized spacial score (nSPS) is 33.3. The molecule has 2 amide bonds. The van der Waals surface area contributed by atoms with E-state index in [2.05, 4.69) is 67.1 Å². The molecule has 6 atom stereocenters. The van der Waals surface area contributed by atoms with E-state index < -0.39 is 0 Å². The maximum absolute atomic E-state index is 13.8. The maximum Gasteiger partial charge on any atom is 0.249 e. The van der Waals surface area contributed by atoms with Crippen molar-refractivity contribution in [2.75, 3.05) is 76.8 Å². The third kappa shape index (κ3) is 5.71. The Labute approximate surface area is 259 Å². The van der Waals surface area contributed by atoms with E-state index in [9.17, 15) is 9.59 Å². The minimum atomic E-state index is -0.272. The molecule has 6 unspecified atom stereocenters. The van der Waals surface area contributed by atoms with Crippen LogP contribution in [0.1, 0.15) is 32.1 Å². The molecular formula is C31H45N9O4. The molecule has 0 spiro atoms. The molecule has 7 rings (SSSR count). The number of amides is 2. The second kappa shape index (κ2) is 12.7. The zero-order chi connectivity index (χ0) is 30.2. The summed E-state index contributed by atoms with van der Waals surface area (Å²) in [4.78, 5) is 33.4. The SMILES string of the molecule is COc1cc(NC2NCC3C(=O)N4CC#CCCCCN5C(=O)COC6CCC(NC65)N4C3N2)ccc1N1CCN(C)CC1. The second-order valence-electron chi connectivity index (χ2n) is 12.6. The zero-order valence-corrected chi connectivity index (χ0v) is 25.8. The summed E-state index contributed by atoms with van der Waals surface area (Å²) >= 11 is 0. The Morgan fingerprint density at radius 2 is 1.89 bits per heavy atom. The van der Waals surface area contributed by atoms with Gasteiger partial charge in [-0.05, 0) is 44.9 Å². The highest BCUT2D eigenvalue weighted by Crippen LogP contribution is 2.35. The third-order valence-corrected chi connectivity index (χ3v) is 9.87. The molecule has 5 fully saturated rings. The number of rotatable bonds is 4. The van der Waals surface area contributed by atoms with E-state index in [-0.39, 0.29) is 55.2 Å². The minimum absolute atomic E-state index is 0.0194. The Kier molecular flexibility index (Phi) is 8.54. The Morgan fingerprint density at radius 3 is 2.73 bits per heavy atom. The zero-order valence-electron chi connectivity index (χ0n) is 25.8. The van der Waals surface area contributed by atoms with Gasteiger partial charge in [-0.15, -0.1) is 5.92 Å². The molecule has 0 radical (unpaired) electrons. The minimum Gasteiger partial charge on any atom is -0.495 e. The van der Waals surface area contributed by atoms with Crippen molar-refractivity contribution >= 4 is 23.2 Å². The predicted octanol–water partition coefficient (Wildman–Crippen LogP) is -0.213.